The number of rotatable bonds is 0. The van der Waals surface area contributed by atoms with Crippen LogP contribution in [0, 0.1) is 34.5 Å². The van der Waals surface area contributed by atoms with Crippen LogP contribution in [0.15, 0.2) is 11.6 Å². The summed E-state index contributed by atoms with van der Waals surface area (Å²) in [4.78, 5) is 12.7. The zero-order valence-electron chi connectivity index (χ0n) is 14.0. The van der Waals surface area contributed by atoms with E-state index < -0.39 is 0 Å². The molecule has 116 valence electrons. The Morgan fingerprint density at radius 3 is 2.71 bits per heavy atom. The highest BCUT2D eigenvalue weighted by Gasteiger charge is 2.59. The molecule has 0 aliphatic heterocycles. The van der Waals surface area contributed by atoms with E-state index in [1.807, 2.05) is 0 Å². The lowest BCUT2D eigenvalue weighted by molar-refractivity contribution is -0.133. The molecule has 0 heterocycles. The van der Waals surface area contributed by atoms with Crippen LogP contribution in [0.3, 0.4) is 0 Å². The van der Waals surface area contributed by atoms with Gasteiger partial charge in [0.25, 0.3) is 0 Å². The SMILES string of the molecule is CC1C[C@H]2[C@@H]3CC=C4CCCC[C@]4(C)[C@H]3CC[C@]2(C)C1=O. The van der Waals surface area contributed by atoms with Gasteiger partial charge in [0.1, 0.15) is 5.78 Å². The topological polar surface area (TPSA) is 17.1 Å². The Kier molecular flexibility index (Phi) is 2.98. The maximum atomic E-state index is 12.7. The van der Waals surface area contributed by atoms with E-state index in [9.17, 15) is 4.79 Å². The first-order valence-electron chi connectivity index (χ1n) is 9.20. The highest BCUT2D eigenvalue weighted by molar-refractivity contribution is 5.89. The summed E-state index contributed by atoms with van der Waals surface area (Å²) in [6, 6.07) is 0. The van der Waals surface area contributed by atoms with Crippen molar-refractivity contribution in [1.82, 2.24) is 0 Å². The Hall–Kier alpha value is -0.590. The zero-order valence-corrected chi connectivity index (χ0v) is 14.0. The van der Waals surface area contributed by atoms with Gasteiger partial charge < -0.3 is 0 Å². The van der Waals surface area contributed by atoms with Gasteiger partial charge in [0.05, 0.1) is 0 Å². The van der Waals surface area contributed by atoms with Crippen LogP contribution < -0.4 is 0 Å². The van der Waals surface area contributed by atoms with Gasteiger partial charge in [-0.3, -0.25) is 4.79 Å². The lowest BCUT2D eigenvalue weighted by Crippen LogP contribution is -2.49. The maximum Gasteiger partial charge on any atom is 0.141 e. The highest BCUT2D eigenvalue weighted by atomic mass is 16.1. The van der Waals surface area contributed by atoms with E-state index >= 15 is 0 Å². The molecule has 0 bridgehead atoms. The molecule has 4 aliphatic rings. The van der Waals surface area contributed by atoms with Crippen LogP contribution in [-0.4, -0.2) is 5.78 Å². The van der Waals surface area contributed by atoms with Crippen molar-refractivity contribution in [2.75, 3.05) is 0 Å². The van der Waals surface area contributed by atoms with Crippen LogP contribution in [0.4, 0.5) is 0 Å². The Labute approximate surface area is 129 Å². The summed E-state index contributed by atoms with van der Waals surface area (Å²) >= 11 is 0. The number of carbonyl (C=O) groups excluding carboxylic acids is 1. The number of fused-ring (bicyclic) bond motifs is 5. The van der Waals surface area contributed by atoms with E-state index in [-0.39, 0.29) is 5.41 Å². The molecule has 0 aromatic rings. The zero-order chi connectivity index (χ0) is 14.8. The number of hydrogen-bond donors (Lipinski definition) is 0. The van der Waals surface area contributed by atoms with E-state index in [0.717, 1.165) is 24.7 Å². The summed E-state index contributed by atoms with van der Waals surface area (Å²) in [7, 11) is 0. The molecule has 4 rings (SSSR count). The molecule has 3 fully saturated rings. The molecule has 0 amide bonds. The molecular weight excluding hydrogens is 256 g/mol. The summed E-state index contributed by atoms with van der Waals surface area (Å²) in [5.74, 6) is 3.19. The standard InChI is InChI=1S/C20H30O/c1-13-12-17-15-8-7-14-6-4-5-10-19(14,2)16(15)9-11-20(17,3)18(13)21/h7,13,15-17H,4-6,8-12H2,1-3H3/t13?,15-,16+,17+,19+,20+/m1/s1. The Morgan fingerprint density at radius 2 is 1.90 bits per heavy atom. The third-order valence-corrected chi connectivity index (χ3v) is 8.03. The van der Waals surface area contributed by atoms with Crippen LogP contribution in [-0.2, 0) is 4.79 Å². The van der Waals surface area contributed by atoms with Crippen molar-refractivity contribution in [3.8, 4) is 0 Å². The van der Waals surface area contributed by atoms with Crippen molar-refractivity contribution in [1.29, 1.82) is 0 Å². The van der Waals surface area contributed by atoms with Gasteiger partial charge in [-0.25, -0.2) is 0 Å². The van der Waals surface area contributed by atoms with Crippen LogP contribution in [0.25, 0.3) is 0 Å². The van der Waals surface area contributed by atoms with Gasteiger partial charge in [0.2, 0.25) is 0 Å². The van der Waals surface area contributed by atoms with E-state index in [0.29, 0.717) is 23.0 Å². The predicted molar refractivity (Wildman–Crippen MR) is 85.9 cm³/mol. The molecule has 1 heteroatoms. The monoisotopic (exact) mass is 286 g/mol. The molecule has 6 atom stereocenters. The molecule has 1 nitrogen and oxygen atoms in total. The molecule has 3 saturated carbocycles. The molecule has 0 N–H and O–H groups in total. The van der Waals surface area contributed by atoms with Crippen molar-refractivity contribution in [2.45, 2.75) is 72.1 Å². The summed E-state index contributed by atoms with van der Waals surface area (Å²) < 4.78 is 0. The fourth-order valence-corrected chi connectivity index (χ4v) is 6.81. The normalized spacial score (nSPS) is 52.7. The van der Waals surface area contributed by atoms with Crippen LogP contribution in [0.5, 0.6) is 0 Å². The molecule has 1 unspecified atom stereocenters. The minimum Gasteiger partial charge on any atom is -0.299 e. The molecule has 0 saturated heterocycles. The summed E-state index contributed by atoms with van der Waals surface area (Å²) in [6.07, 6.45) is 13.0. The van der Waals surface area contributed by atoms with Gasteiger partial charge in [0.15, 0.2) is 0 Å². The first-order valence-corrected chi connectivity index (χ1v) is 9.20. The molecule has 21 heavy (non-hydrogen) atoms. The Morgan fingerprint density at radius 1 is 1.10 bits per heavy atom. The van der Waals surface area contributed by atoms with Gasteiger partial charge in [-0.2, -0.15) is 0 Å². The predicted octanol–water partition coefficient (Wildman–Crippen LogP) is 5.15. The largest absolute Gasteiger partial charge is 0.299 e. The number of hydrogen-bond acceptors (Lipinski definition) is 1. The quantitative estimate of drug-likeness (QED) is 0.562. The summed E-state index contributed by atoms with van der Waals surface area (Å²) in [6.45, 7) is 7.02. The summed E-state index contributed by atoms with van der Waals surface area (Å²) in [5.41, 5.74) is 2.25. The smallest absolute Gasteiger partial charge is 0.141 e. The minimum absolute atomic E-state index is 0.0109. The second kappa shape index (κ2) is 4.46. The van der Waals surface area contributed by atoms with Crippen LogP contribution >= 0.6 is 0 Å². The average molecular weight is 286 g/mol. The van der Waals surface area contributed by atoms with Crippen LogP contribution in [0.1, 0.15) is 72.1 Å². The molecule has 0 aromatic heterocycles. The first kappa shape index (κ1) is 14.0. The number of allylic oxidation sites excluding steroid dienone is 2. The summed E-state index contributed by atoms with van der Waals surface area (Å²) in [5, 5.41) is 0. The fraction of sp³-hybridized carbons (Fsp3) is 0.850. The van der Waals surface area contributed by atoms with Gasteiger partial charge in [-0.05, 0) is 68.1 Å². The number of Topliss-reactive ketones (excluding diaryl/α,β-unsaturated/α-hetero) is 1. The van der Waals surface area contributed by atoms with Crippen molar-refractivity contribution < 1.29 is 4.79 Å². The number of carbonyl (C=O) groups is 1. The molecule has 4 aliphatic carbocycles. The van der Waals surface area contributed by atoms with E-state index in [4.69, 9.17) is 0 Å². The van der Waals surface area contributed by atoms with Crippen LogP contribution in [0.2, 0.25) is 0 Å². The van der Waals surface area contributed by atoms with Gasteiger partial charge in [-0.15, -0.1) is 0 Å². The first-order chi connectivity index (χ1) is 9.97. The lowest BCUT2D eigenvalue weighted by Gasteiger charge is -2.56. The van der Waals surface area contributed by atoms with Crippen molar-refractivity contribution in [2.24, 2.45) is 34.5 Å². The highest BCUT2D eigenvalue weighted by Crippen LogP contribution is 2.64. The van der Waals surface area contributed by atoms with E-state index in [1.54, 1.807) is 5.57 Å². The second-order valence-corrected chi connectivity index (χ2v) is 8.92. The molecular formula is C20H30O. The molecule has 0 spiro atoms. The average Bonchev–Trinajstić information content (AvgIpc) is 2.70. The van der Waals surface area contributed by atoms with Crippen molar-refractivity contribution in [3.63, 3.8) is 0 Å². The fourth-order valence-electron chi connectivity index (χ4n) is 6.81. The van der Waals surface area contributed by atoms with Gasteiger partial charge >= 0.3 is 0 Å². The minimum atomic E-state index is 0.0109. The third kappa shape index (κ3) is 1.72. The Balaban J connectivity index is 1.71. The Bertz CT molecular complexity index is 504. The maximum absolute atomic E-state index is 12.7. The molecule has 0 radical (unpaired) electrons. The second-order valence-electron chi connectivity index (χ2n) is 8.92. The third-order valence-electron chi connectivity index (χ3n) is 8.03. The van der Waals surface area contributed by atoms with Gasteiger partial charge in [0, 0.05) is 11.3 Å². The van der Waals surface area contributed by atoms with Gasteiger partial charge in [-0.1, -0.05) is 38.8 Å². The van der Waals surface area contributed by atoms with E-state index in [1.165, 1.54) is 38.5 Å². The lowest BCUT2D eigenvalue weighted by atomic mass is 9.48. The molecule has 0 aromatic carbocycles. The van der Waals surface area contributed by atoms with E-state index in [2.05, 4.69) is 26.8 Å². The van der Waals surface area contributed by atoms with Crippen molar-refractivity contribution >= 4 is 5.78 Å². The van der Waals surface area contributed by atoms with Crippen molar-refractivity contribution in [3.05, 3.63) is 11.6 Å². The number of ketones is 1.